The quantitative estimate of drug-likeness (QED) is 0.391. The molecule has 0 spiro atoms. The van der Waals surface area contributed by atoms with E-state index >= 15 is 0 Å². The van der Waals surface area contributed by atoms with Crippen molar-refractivity contribution in [1.82, 2.24) is 19.6 Å². The second-order valence-electron chi connectivity index (χ2n) is 7.33. The van der Waals surface area contributed by atoms with E-state index in [0.29, 0.717) is 44.6 Å². The Morgan fingerprint density at radius 2 is 1.78 bits per heavy atom. The van der Waals surface area contributed by atoms with Gasteiger partial charge in [-0.1, -0.05) is 0 Å². The number of methoxy groups -OCH3 is 1. The standard InChI is InChI=1S/C17H30N6O3.HI/c1-12-13(14(25-6)21(5)20-12)11-19-15(18)22-7-9-23(10-8-22)16(24)26-17(2,3)4;/h7-11H2,1-6H3,(H2,18,19);1H. The molecule has 1 aromatic rings. The topological polar surface area (TPSA) is 98.2 Å². The predicted octanol–water partition coefficient (Wildman–Crippen LogP) is 1.72. The number of carbonyl (C=O) groups excluding carboxylic acids is 1. The van der Waals surface area contributed by atoms with Crippen molar-refractivity contribution in [3.8, 4) is 5.88 Å². The second kappa shape index (κ2) is 9.47. The minimum absolute atomic E-state index is 0. The van der Waals surface area contributed by atoms with Gasteiger partial charge in [-0.05, 0) is 27.7 Å². The zero-order chi connectivity index (χ0) is 19.5. The number of hydrogen-bond donors (Lipinski definition) is 1. The summed E-state index contributed by atoms with van der Waals surface area (Å²) in [5.41, 5.74) is 7.44. The molecular weight excluding hydrogens is 463 g/mol. The lowest BCUT2D eigenvalue weighted by Crippen LogP contribution is -2.53. The highest BCUT2D eigenvalue weighted by Crippen LogP contribution is 2.21. The molecule has 27 heavy (non-hydrogen) atoms. The Labute approximate surface area is 177 Å². The number of amides is 1. The van der Waals surface area contributed by atoms with E-state index in [2.05, 4.69) is 10.1 Å². The summed E-state index contributed by atoms with van der Waals surface area (Å²) in [7, 11) is 3.45. The summed E-state index contributed by atoms with van der Waals surface area (Å²) in [6.45, 7) is 10.3. The van der Waals surface area contributed by atoms with E-state index in [1.54, 1.807) is 16.7 Å². The number of piperazine rings is 1. The molecule has 0 atom stereocenters. The maximum Gasteiger partial charge on any atom is 0.410 e. The van der Waals surface area contributed by atoms with E-state index < -0.39 is 5.60 Å². The number of carbonyl (C=O) groups is 1. The molecule has 1 aliphatic rings. The van der Waals surface area contributed by atoms with Crippen LogP contribution in [0.5, 0.6) is 5.88 Å². The summed E-state index contributed by atoms with van der Waals surface area (Å²) >= 11 is 0. The molecule has 0 unspecified atom stereocenters. The van der Waals surface area contributed by atoms with Crippen LogP contribution in [0, 0.1) is 6.92 Å². The Bertz CT molecular complexity index is 675. The third-order valence-corrected chi connectivity index (χ3v) is 4.14. The maximum atomic E-state index is 12.1. The van der Waals surface area contributed by atoms with Gasteiger partial charge in [0.05, 0.1) is 24.9 Å². The minimum atomic E-state index is -0.491. The summed E-state index contributed by atoms with van der Waals surface area (Å²) in [5.74, 6) is 1.15. The minimum Gasteiger partial charge on any atom is -0.481 e. The molecule has 0 aliphatic carbocycles. The van der Waals surface area contributed by atoms with Crippen LogP contribution in [0.2, 0.25) is 0 Å². The van der Waals surface area contributed by atoms with Crippen molar-refractivity contribution in [2.75, 3.05) is 33.3 Å². The Hall–Kier alpha value is -1.72. The van der Waals surface area contributed by atoms with Gasteiger partial charge in [0.15, 0.2) is 5.96 Å². The number of ether oxygens (including phenoxy) is 2. The lowest BCUT2D eigenvalue weighted by atomic mass is 10.2. The number of aliphatic imine (C=N–C) groups is 1. The summed E-state index contributed by atoms with van der Waals surface area (Å²) < 4.78 is 12.5. The van der Waals surface area contributed by atoms with Gasteiger partial charge in [0.25, 0.3) is 0 Å². The molecule has 10 heteroatoms. The molecular formula is C17H31IN6O3. The number of guanidine groups is 1. The average Bonchev–Trinajstić information content (AvgIpc) is 2.83. The van der Waals surface area contributed by atoms with Gasteiger partial charge in [-0.3, -0.25) is 0 Å². The van der Waals surface area contributed by atoms with Gasteiger partial charge in [0, 0.05) is 33.2 Å². The van der Waals surface area contributed by atoms with Crippen LogP contribution < -0.4 is 10.5 Å². The summed E-state index contributed by atoms with van der Waals surface area (Å²) in [6.07, 6.45) is -0.289. The van der Waals surface area contributed by atoms with Gasteiger partial charge in [0.1, 0.15) is 5.60 Å². The van der Waals surface area contributed by atoms with E-state index in [9.17, 15) is 4.79 Å². The molecule has 1 saturated heterocycles. The van der Waals surface area contributed by atoms with E-state index in [0.717, 1.165) is 11.3 Å². The smallest absolute Gasteiger partial charge is 0.410 e. The van der Waals surface area contributed by atoms with Crippen LogP contribution in [-0.2, 0) is 18.3 Å². The van der Waals surface area contributed by atoms with Crippen LogP contribution in [0.4, 0.5) is 4.79 Å². The lowest BCUT2D eigenvalue weighted by Gasteiger charge is -2.36. The number of aromatic nitrogens is 2. The van der Waals surface area contributed by atoms with Crippen LogP contribution >= 0.6 is 24.0 Å². The van der Waals surface area contributed by atoms with Crippen molar-refractivity contribution in [1.29, 1.82) is 0 Å². The molecule has 2 rings (SSSR count). The Balaban J connectivity index is 0.00000364. The molecule has 154 valence electrons. The fraction of sp³-hybridized carbons (Fsp3) is 0.706. The molecule has 0 radical (unpaired) electrons. The maximum absolute atomic E-state index is 12.1. The Morgan fingerprint density at radius 3 is 2.30 bits per heavy atom. The number of hydrogen-bond acceptors (Lipinski definition) is 5. The molecule has 2 heterocycles. The monoisotopic (exact) mass is 494 g/mol. The number of halogens is 1. The van der Waals surface area contributed by atoms with Crippen molar-refractivity contribution in [2.45, 2.75) is 39.8 Å². The molecule has 1 amide bonds. The first kappa shape index (κ1) is 23.3. The first-order chi connectivity index (χ1) is 12.1. The van der Waals surface area contributed by atoms with Crippen LogP contribution in [0.25, 0.3) is 0 Å². The number of rotatable bonds is 3. The van der Waals surface area contributed by atoms with Crippen LogP contribution in [0.15, 0.2) is 4.99 Å². The van der Waals surface area contributed by atoms with E-state index in [1.165, 1.54) is 0 Å². The molecule has 9 nitrogen and oxygen atoms in total. The van der Waals surface area contributed by atoms with Gasteiger partial charge in [-0.25, -0.2) is 14.5 Å². The zero-order valence-electron chi connectivity index (χ0n) is 17.0. The van der Waals surface area contributed by atoms with E-state index in [1.807, 2.05) is 39.6 Å². The Morgan fingerprint density at radius 1 is 1.22 bits per heavy atom. The van der Waals surface area contributed by atoms with Gasteiger partial charge >= 0.3 is 6.09 Å². The third-order valence-electron chi connectivity index (χ3n) is 4.14. The largest absolute Gasteiger partial charge is 0.481 e. The van der Waals surface area contributed by atoms with Crippen LogP contribution in [0.3, 0.4) is 0 Å². The third kappa shape index (κ3) is 6.15. The van der Waals surface area contributed by atoms with Crippen LogP contribution in [0.1, 0.15) is 32.0 Å². The average molecular weight is 494 g/mol. The van der Waals surface area contributed by atoms with Crippen LogP contribution in [-0.4, -0.2) is 70.5 Å². The summed E-state index contributed by atoms with van der Waals surface area (Å²) in [5, 5.41) is 4.34. The van der Waals surface area contributed by atoms with Crippen molar-refractivity contribution in [3.05, 3.63) is 11.3 Å². The Kier molecular flexibility index (Phi) is 8.18. The zero-order valence-corrected chi connectivity index (χ0v) is 19.3. The molecule has 0 saturated carbocycles. The fourth-order valence-corrected chi connectivity index (χ4v) is 2.82. The summed E-state index contributed by atoms with van der Waals surface area (Å²) in [6, 6.07) is 0. The number of nitrogens with zero attached hydrogens (tertiary/aromatic N) is 5. The molecule has 0 aromatic carbocycles. The van der Waals surface area contributed by atoms with E-state index in [4.69, 9.17) is 15.2 Å². The fourth-order valence-electron chi connectivity index (χ4n) is 2.82. The number of nitrogens with two attached hydrogens (primary N) is 1. The first-order valence-electron chi connectivity index (χ1n) is 8.71. The van der Waals surface area contributed by atoms with Gasteiger partial charge in [0.2, 0.25) is 5.88 Å². The van der Waals surface area contributed by atoms with Gasteiger partial charge in [-0.2, -0.15) is 5.10 Å². The van der Waals surface area contributed by atoms with Gasteiger partial charge in [-0.15, -0.1) is 24.0 Å². The molecule has 1 fully saturated rings. The normalized spacial score (nSPS) is 15.4. The predicted molar refractivity (Wildman–Crippen MR) is 115 cm³/mol. The van der Waals surface area contributed by atoms with E-state index in [-0.39, 0.29) is 30.1 Å². The van der Waals surface area contributed by atoms with Crippen molar-refractivity contribution < 1.29 is 14.3 Å². The molecule has 0 bridgehead atoms. The highest BCUT2D eigenvalue weighted by molar-refractivity contribution is 14.0. The highest BCUT2D eigenvalue weighted by atomic mass is 127. The molecule has 2 N–H and O–H groups in total. The number of aryl methyl sites for hydroxylation is 2. The SMILES string of the molecule is COc1c(CN=C(N)N2CCN(C(=O)OC(C)(C)C)CC2)c(C)nn1C.I. The second-order valence-corrected chi connectivity index (χ2v) is 7.33. The molecule has 1 aliphatic heterocycles. The van der Waals surface area contributed by atoms with Crippen molar-refractivity contribution in [3.63, 3.8) is 0 Å². The van der Waals surface area contributed by atoms with Gasteiger partial charge < -0.3 is 25.0 Å². The molecule has 1 aromatic heterocycles. The first-order valence-corrected chi connectivity index (χ1v) is 8.71. The highest BCUT2D eigenvalue weighted by Gasteiger charge is 2.26. The van der Waals surface area contributed by atoms with Crippen molar-refractivity contribution >= 4 is 36.0 Å². The lowest BCUT2D eigenvalue weighted by molar-refractivity contribution is 0.0186. The summed E-state index contributed by atoms with van der Waals surface area (Å²) in [4.78, 5) is 20.3. The van der Waals surface area contributed by atoms with Crippen molar-refractivity contribution in [2.24, 2.45) is 17.8 Å².